The number of ketones is 1. The molecule has 1 rings (SSSR count). The molecule has 0 unspecified atom stereocenters. The maximum atomic E-state index is 11.3. The molecule has 0 aromatic heterocycles. The number of carbonyl (C=O) groups is 1. The van der Waals surface area contributed by atoms with Crippen molar-refractivity contribution >= 4 is 5.78 Å². The van der Waals surface area contributed by atoms with Gasteiger partial charge in [0.2, 0.25) is 0 Å². The second kappa shape index (κ2) is 2.94. The molecule has 2 nitrogen and oxygen atoms in total. The summed E-state index contributed by atoms with van der Waals surface area (Å²) in [7, 11) is 0. The van der Waals surface area contributed by atoms with E-state index in [2.05, 4.69) is 13.8 Å². The Kier molecular flexibility index (Phi) is 2.33. The summed E-state index contributed by atoms with van der Waals surface area (Å²) in [5.41, 5.74) is 0.178. The van der Waals surface area contributed by atoms with Crippen LogP contribution < -0.4 is 0 Å². The highest BCUT2D eigenvalue weighted by atomic mass is 16.3. The Morgan fingerprint density at radius 3 is 2.64 bits per heavy atom. The van der Waals surface area contributed by atoms with Crippen molar-refractivity contribution in [1.29, 1.82) is 0 Å². The first-order valence-corrected chi connectivity index (χ1v) is 4.19. The maximum absolute atomic E-state index is 11.3. The van der Waals surface area contributed by atoms with Gasteiger partial charge in [0.1, 0.15) is 5.78 Å². The van der Waals surface area contributed by atoms with Gasteiger partial charge in [0.25, 0.3) is 0 Å². The fraction of sp³-hybridized carbons (Fsp3) is 0.889. The summed E-state index contributed by atoms with van der Waals surface area (Å²) in [6.07, 6.45) is 2.30. The molecule has 0 radical (unpaired) electrons. The molecule has 0 aliphatic heterocycles. The molecule has 1 fully saturated rings. The van der Waals surface area contributed by atoms with Crippen LogP contribution in [0.5, 0.6) is 0 Å². The van der Waals surface area contributed by atoms with Gasteiger partial charge < -0.3 is 5.11 Å². The van der Waals surface area contributed by atoms with E-state index in [9.17, 15) is 4.79 Å². The maximum Gasteiger partial charge on any atom is 0.136 e. The zero-order valence-electron chi connectivity index (χ0n) is 7.26. The molecule has 1 saturated carbocycles. The van der Waals surface area contributed by atoms with Crippen molar-refractivity contribution in [3.05, 3.63) is 0 Å². The van der Waals surface area contributed by atoms with Crippen molar-refractivity contribution in [1.82, 2.24) is 0 Å². The molecule has 11 heavy (non-hydrogen) atoms. The lowest BCUT2D eigenvalue weighted by molar-refractivity contribution is -0.121. The number of Topliss-reactive ketones (excluding diaryl/α,β-unsaturated/α-hetero) is 1. The zero-order valence-corrected chi connectivity index (χ0v) is 7.26. The molecule has 0 aromatic rings. The lowest BCUT2D eigenvalue weighted by Gasteiger charge is -2.14. The van der Waals surface area contributed by atoms with Gasteiger partial charge in [0.05, 0.1) is 0 Å². The van der Waals surface area contributed by atoms with Crippen LogP contribution in [0.3, 0.4) is 0 Å². The molecule has 0 aromatic carbocycles. The number of aliphatic hydroxyl groups is 1. The standard InChI is InChI=1S/C9H16O2/c1-9(2)5-7(3-4-10)8(11)6-9/h7,10H,3-6H2,1-2H3/t7-/m0/s1. The van der Waals surface area contributed by atoms with Gasteiger partial charge in [-0.15, -0.1) is 0 Å². The highest BCUT2D eigenvalue weighted by Crippen LogP contribution is 2.39. The zero-order chi connectivity index (χ0) is 8.48. The molecule has 0 amide bonds. The van der Waals surface area contributed by atoms with E-state index in [-0.39, 0.29) is 17.9 Å². The summed E-state index contributed by atoms with van der Waals surface area (Å²) in [6.45, 7) is 4.37. The topological polar surface area (TPSA) is 37.3 Å². The van der Waals surface area contributed by atoms with Gasteiger partial charge >= 0.3 is 0 Å². The molecular formula is C9H16O2. The number of aliphatic hydroxyl groups excluding tert-OH is 1. The average Bonchev–Trinajstić information content (AvgIpc) is 2.07. The highest BCUT2D eigenvalue weighted by molar-refractivity contribution is 5.83. The second-order valence-electron chi connectivity index (χ2n) is 4.22. The molecule has 1 aliphatic carbocycles. The van der Waals surface area contributed by atoms with E-state index in [0.29, 0.717) is 18.6 Å². The van der Waals surface area contributed by atoms with Gasteiger partial charge in [-0.1, -0.05) is 13.8 Å². The van der Waals surface area contributed by atoms with E-state index >= 15 is 0 Å². The molecular weight excluding hydrogens is 140 g/mol. The summed E-state index contributed by atoms with van der Waals surface area (Å²) in [4.78, 5) is 11.3. The third kappa shape index (κ3) is 2.03. The van der Waals surface area contributed by atoms with Crippen molar-refractivity contribution < 1.29 is 9.90 Å². The Balaban J connectivity index is 2.52. The smallest absolute Gasteiger partial charge is 0.136 e. The highest BCUT2D eigenvalue weighted by Gasteiger charge is 2.37. The van der Waals surface area contributed by atoms with Crippen molar-refractivity contribution in [2.75, 3.05) is 6.61 Å². The first-order valence-electron chi connectivity index (χ1n) is 4.19. The monoisotopic (exact) mass is 156 g/mol. The van der Waals surface area contributed by atoms with Crippen LogP contribution in [0.25, 0.3) is 0 Å². The quantitative estimate of drug-likeness (QED) is 0.655. The number of carbonyl (C=O) groups excluding carboxylic acids is 1. The van der Waals surface area contributed by atoms with Crippen LogP contribution >= 0.6 is 0 Å². The Labute approximate surface area is 67.6 Å². The van der Waals surface area contributed by atoms with Crippen LogP contribution in [0.1, 0.15) is 33.1 Å². The Morgan fingerprint density at radius 2 is 2.27 bits per heavy atom. The van der Waals surface area contributed by atoms with Gasteiger partial charge in [-0.05, 0) is 18.3 Å². The van der Waals surface area contributed by atoms with Gasteiger partial charge in [0.15, 0.2) is 0 Å². The van der Waals surface area contributed by atoms with E-state index in [1.807, 2.05) is 0 Å². The third-order valence-electron chi connectivity index (χ3n) is 2.38. The first kappa shape index (κ1) is 8.72. The summed E-state index contributed by atoms with van der Waals surface area (Å²) < 4.78 is 0. The molecule has 0 heterocycles. The predicted molar refractivity (Wildman–Crippen MR) is 43.2 cm³/mol. The van der Waals surface area contributed by atoms with Gasteiger partial charge in [-0.2, -0.15) is 0 Å². The van der Waals surface area contributed by atoms with Crippen LogP contribution in [0, 0.1) is 11.3 Å². The third-order valence-corrected chi connectivity index (χ3v) is 2.38. The molecule has 2 heteroatoms. The minimum absolute atomic E-state index is 0.134. The van der Waals surface area contributed by atoms with E-state index < -0.39 is 0 Å². The predicted octanol–water partition coefficient (Wildman–Crippen LogP) is 1.37. The lowest BCUT2D eigenvalue weighted by atomic mass is 9.90. The van der Waals surface area contributed by atoms with E-state index in [1.54, 1.807) is 0 Å². The summed E-state index contributed by atoms with van der Waals surface area (Å²) in [5, 5.41) is 8.66. The normalized spacial score (nSPS) is 29.4. The lowest BCUT2D eigenvalue weighted by Crippen LogP contribution is -2.07. The van der Waals surface area contributed by atoms with Gasteiger partial charge in [-0.25, -0.2) is 0 Å². The van der Waals surface area contributed by atoms with Crippen LogP contribution in [-0.2, 0) is 4.79 Å². The fourth-order valence-electron chi connectivity index (χ4n) is 1.89. The van der Waals surface area contributed by atoms with Crippen molar-refractivity contribution in [3.63, 3.8) is 0 Å². The molecule has 64 valence electrons. The Bertz CT molecular complexity index is 161. The first-order chi connectivity index (χ1) is 5.05. The van der Waals surface area contributed by atoms with E-state index in [4.69, 9.17) is 5.11 Å². The summed E-state index contributed by atoms with van der Waals surface area (Å²) in [5.74, 6) is 0.471. The van der Waals surface area contributed by atoms with Gasteiger partial charge in [-0.3, -0.25) is 4.79 Å². The largest absolute Gasteiger partial charge is 0.396 e. The summed E-state index contributed by atoms with van der Waals surface area (Å²) in [6, 6.07) is 0. The molecule has 1 atom stereocenters. The molecule has 0 spiro atoms. The van der Waals surface area contributed by atoms with Crippen LogP contribution in [-0.4, -0.2) is 17.5 Å². The average molecular weight is 156 g/mol. The van der Waals surface area contributed by atoms with Crippen molar-refractivity contribution in [2.45, 2.75) is 33.1 Å². The summed E-state index contributed by atoms with van der Waals surface area (Å²) >= 11 is 0. The molecule has 1 N–H and O–H groups in total. The van der Waals surface area contributed by atoms with Gasteiger partial charge in [0, 0.05) is 18.9 Å². The molecule has 0 bridgehead atoms. The minimum atomic E-state index is 0.134. The van der Waals surface area contributed by atoms with E-state index in [1.165, 1.54) is 0 Å². The SMILES string of the molecule is CC1(C)CC(=O)[C@@H](CCO)C1. The number of hydrogen-bond donors (Lipinski definition) is 1. The van der Waals surface area contributed by atoms with Crippen molar-refractivity contribution in [2.24, 2.45) is 11.3 Å². The van der Waals surface area contributed by atoms with Crippen molar-refractivity contribution in [3.8, 4) is 0 Å². The fourth-order valence-corrected chi connectivity index (χ4v) is 1.89. The molecule has 1 aliphatic rings. The Hall–Kier alpha value is -0.370. The van der Waals surface area contributed by atoms with Crippen LogP contribution in [0.4, 0.5) is 0 Å². The number of rotatable bonds is 2. The van der Waals surface area contributed by atoms with Crippen LogP contribution in [0.15, 0.2) is 0 Å². The Morgan fingerprint density at radius 1 is 1.64 bits per heavy atom. The second-order valence-corrected chi connectivity index (χ2v) is 4.22. The van der Waals surface area contributed by atoms with E-state index in [0.717, 1.165) is 6.42 Å². The van der Waals surface area contributed by atoms with Crippen LogP contribution in [0.2, 0.25) is 0 Å². The minimum Gasteiger partial charge on any atom is -0.396 e. The molecule has 0 saturated heterocycles. The number of hydrogen-bond acceptors (Lipinski definition) is 2.